The number of amides is 1. The number of nitriles is 1. The van der Waals surface area contributed by atoms with E-state index >= 15 is 0 Å². The zero-order valence-corrected chi connectivity index (χ0v) is 14.9. The molecule has 1 atom stereocenters. The highest BCUT2D eigenvalue weighted by Crippen LogP contribution is 2.24. The van der Waals surface area contributed by atoms with Crippen LogP contribution in [0.25, 0.3) is 0 Å². The molecule has 2 N–H and O–H groups in total. The molecule has 2 heterocycles. The number of pyridine rings is 1. The van der Waals surface area contributed by atoms with Crippen LogP contribution in [0.2, 0.25) is 0 Å². The van der Waals surface area contributed by atoms with E-state index in [9.17, 15) is 9.18 Å². The van der Waals surface area contributed by atoms with Crippen molar-refractivity contribution in [3.63, 3.8) is 0 Å². The molecule has 0 saturated carbocycles. The highest BCUT2D eigenvalue weighted by atomic mass is 35.5. The fourth-order valence-electron chi connectivity index (χ4n) is 2.66. The second-order valence-corrected chi connectivity index (χ2v) is 5.75. The SMILES string of the molecule is Cc1cc(C(=O)Nc2ccc([C@H]3CNCCO3)cc2F)cc(C#N)n1.Cl. The lowest BCUT2D eigenvalue weighted by Crippen LogP contribution is -2.33. The van der Waals surface area contributed by atoms with Crippen LogP contribution < -0.4 is 10.6 Å². The monoisotopic (exact) mass is 376 g/mol. The minimum atomic E-state index is -0.536. The number of benzene rings is 1. The molecule has 1 aliphatic heterocycles. The number of morpholine rings is 1. The lowest BCUT2D eigenvalue weighted by Gasteiger charge is -2.24. The number of aryl methyl sites for hydroxylation is 1. The zero-order valence-electron chi connectivity index (χ0n) is 14.1. The summed E-state index contributed by atoms with van der Waals surface area (Å²) in [6, 6.07) is 9.43. The van der Waals surface area contributed by atoms with E-state index in [1.807, 2.05) is 6.07 Å². The third-order valence-corrected chi connectivity index (χ3v) is 3.87. The Morgan fingerprint density at radius 3 is 2.88 bits per heavy atom. The molecule has 3 rings (SSSR count). The molecule has 1 saturated heterocycles. The van der Waals surface area contributed by atoms with Crippen molar-refractivity contribution in [2.24, 2.45) is 0 Å². The Bertz CT molecular complexity index is 848. The molecule has 1 amide bonds. The molecule has 1 fully saturated rings. The van der Waals surface area contributed by atoms with Gasteiger partial charge in [0.15, 0.2) is 0 Å². The van der Waals surface area contributed by atoms with Gasteiger partial charge < -0.3 is 15.4 Å². The first-order chi connectivity index (χ1) is 12.1. The summed E-state index contributed by atoms with van der Waals surface area (Å²) in [4.78, 5) is 16.3. The van der Waals surface area contributed by atoms with Crippen LogP contribution in [0.5, 0.6) is 0 Å². The van der Waals surface area contributed by atoms with Crippen LogP contribution >= 0.6 is 12.4 Å². The first kappa shape index (κ1) is 19.8. The maximum absolute atomic E-state index is 14.4. The summed E-state index contributed by atoms with van der Waals surface area (Å²) in [5.41, 5.74) is 1.73. The quantitative estimate of drug-likeness (QED) is 0.860. The summed E-state index contributed by atoms with van der Waals surface area (Å²) in [6.45, 7) is 3.67. The van der Waals surface area contributed by atoms with Crippen molar-refractivity contribution in [1.82, 2.24) is 10.3 Å². The number of aromatic nitrogens is 1. The van der Waals surface area contributed by atoms with Crippen LogP contribution in [0.4, 0.5) is 10.1 Å². The zero-order chi connectivity index (χ0) is 17.8. The van der Waals surface area contributed by atoms with E-state index in [-0.39, 0.29) is 35.5 Å². The number of hydrogen-bond donors (Lipinski definition) is 2. The third kappa shape index (κ3) is 4.55. The fraction of sp³-hybridized carbons (Fsp3) is 0.278. The second-order valence-electron chi connectivity index (χ2n) is 5.75. The van der Waals surface area contributed by atoms with Gasteiger partial charge in [-0.15, -0.1) is 12.4 Å². The number of nitrogens with one attached hydrogen (secondary N) is 2. The van der Waals surface area contributed by atoms with Gasteiger partial charge in [-0.2, -0.15) is 5.26 Å². The maximum Gasteiger partial charge on any atom is 0.255 e. The van der Waals surface area contributed by atoms with E-state index in [0.29, 0.717) is 24.4 Å². The average Bonchev–Trinajstić information content (AvgIpc) is 2.63. The topological polar surface area (TPSA) is 87.0 Å². The predicted molar refractivity (Wildman–Crippen MR) is 96.9 cm³/mol. The summed E-state index contributed by atoms with van der Waals surface area (Å²) in [6.07, 6.45) is -0.200. The van der Waals surface area contributed by atoms with Gasteiger partial charge in [0, 0.05) is 24.3 Å². The van der Waals surface area contributed by atoms with E-state index in [4.69, 9.17) is 10.00 Å². The molecule has 26 heavy (non-hydrogen) atoms. The number of anilines is 1. The Morgan fingerprint density at radius 2 is 2.23 bits per heavy atom. The van der Waals surface area contributed by atoms with Crippen LogP contribution in [-0.4, -0.2) is 30.6 Å². The molecule has 0 bridgehead atoms. The fourth-order valence-corrected chi connectivity index (χ4v) is 2.66. The summed E-state index contributed by atoms with van der Waals surface area (Å²) < 4.78 is 19.9. The molecule has 2 aromatic rings. The number of ether oxygens (including phenoxy) is 1. The lowest BCUT2D eigenvalue weighted by atomic mass is 10.1. The maximum atomic E-state index is 14.4. The molecule has 0 spiro atoms. The minimum Gasteiger partial charge on any atom is -0.371 e. The highest BCUT2D eigenvalue weighted by Gasteiger charge is 2.18. The molecule has 1 aromatic carbocycles. The van der Waals surface area contributed by atoms with Gasteiger partial charge in [0.25, 0.3) is 5.91 Å². The van der Waals surface area contributed by atoms with E-state index < -0.39 is 11.7 Å². The normalized spacial score (nSPS) is 16.3. The molecule has 0 aliphatic carbocycles. The lowest BCUT2D eigenvalue weighted by molar-refractivity contribution is 0.0275. The largest absolute Gasteiger partial charge is 0.371 e. The van der Waals surface area contributed by atoms with Crippen LogP contribution in [-0.2, 0) is 4.74 Å². The Morgan fingerprint density at radius 1 is 1.42 bits per heavy atom. The standard InChI is InChI=1S/C18H17FN4O2.ClH/c1-11-6-13(7-14(9-20)22-11)18(24)23-16-3-2-12(8-15(16)19)17-10-21-4-5-25-17;/h2-3,6-8,17,21H,4-5,10H2,1H3,(H,23,24);1H/t17-;/m1./s1. The first-order valence-corrected chi connectivity index (χ1v) is 7.89. The van der Waals surface area contributed by atoms with E-state index in [2.05, 4.69) is 15.6 Å². The second kappa shape index (κ2) is 8.72. The molecule has 136 valence electrons. The third-order valence-electron chi connectivity index (χ3n) is 3.87. The molecular weight excluding hydrogens is 359 g/mol. The minimum absolute atomic E-state index is 0. The highest BCUT2D eigenvalue weighted by molar-refractivity contribution is 6.04. The molecule has 8 heteroatoms. The van der Waals surface area contributed by atoms with Crippen molar-refractivity contribution < 1.29 is 13.9 Å². The summed E-state index contributed by atoms with van der Waals surface area (Å²) >= 11 is 0. The average molecular weight is 377 g/mol. The molecule has 0 radical (unpaired) electrons. The van der Waals surface area contributed by atoms with E-state index in [1.54, 1.807) is 19.1 Å². The number of carbonyl (C=O) groups is 1. The van der Waals surface area contributed by atoms with Gasteiger partial charge in [0.2, 0.25) is 0 Å². The van der Waals surface area contributed by atoms with Crippen molar-refractivity contribution in [3.8, 4) is 6.07 Å². The predicted octanol–water partition coefficient (Wildman–Crippen LogP) is 2.74. The van der Waals surface area contributed by atoms with Crippen LogP contribution in [0.3, 0.4) is 0 Å². The van der Waals surface area contributed by atoms with E-state index in [0.717, 1.165) is 6.54 Å². The number of hydrogen-bond acceptors (Lipinski definition) is 5. The van der Waals surface area contributed by atoms with Gasteiger partial charge in [-0.1, -0.05) is 6.07 Å². The van der Waals surface area contributed by atoms with Crippen LogP contribution in [0.15, 0.2) is 30.3 Å². The number of carbonyl (C=O) groups excluding carboxylic acids is 1. The molecule has 0 unspecified atom stereocenters. The van der Waals surface area contributed by atoms with Gasteiger partial charge >= 0.3 is 0 Å². The summed E-state index contributed by atoms with van der Waals surface area (Å²) in [7, 11) is 0. The van der Waals surface area contributed by atoms with Crippen LogP contribution in [0, 0.1) is 24.1 Å². The molecule has 1 aliphatic rings. The van der Waals surface area contributed by atoms with Gasteiger partial charge in [0.05, 0.1) is 18.4 Å². The smallest absolute Gasteiger partial charge is 0.255 e. The van der Waals surface area contributed by atoms with Gasteiger partial charge in [-0.05, 0) is 36.8 Å². The van der Waals surface area contributed by atoms with Crippen molar-refractivity contribution in [3.05, 3.63) is 58.7 Å². The molecule has 6 nitrogen and oxygen atoms in total. The van der Waals surface area contributed by atoms with Gasteiger partial charge in [-0.3, -0.25) is 4.79 Å². The Hall–Kier alpha value is -2.53. The van der Waals surface area contributed by atoms with Crippen LogP contribution in [0.1, 0.15) is 33.4 Å². The molecular formula is C18H18ClFN4O2. The van der Waals surface area contributed by atoms with Crippen molar-refractivity contribution in [1.29, 1.82) is 5.26 Å². The summed E-state index contributed by atoms with van der Waals surface area (Å²) in [5, 5.41) is 14.7. The van der Waals surface area contributed by atoms with E-state index in [1.165, 1.54) is 18.2 Å². The Kier molecular flexibility index (Phi) is 6.64. The number of halogens is 2. The molecule has 1 aromatic heterocycles. The first-order valence-electron chi connectivity index (χ1n) is 7.89. The Balaban J connectivity index is 0.00000243. The summed E-state index contributed by atoms with van der Waals surface area (Å²) in [5.74, 6) is -1.03. The number of rotatable bonds is 3. The van der Waals surface area contributed by atoms with Gasteiger partial charge in [0.1, 0.15) is 17.6 Å². The Labute approximate surface area is 156 Å². The van der Waals surface area contributed by atoms with Crippen molar-refractivity contribution >= 4 is 24.0 Å². The van der Waals surface area contributed by atoms with Gasteiger partial charge in [-0.25, -0.2) is 9.37 Å². The number of nitrogens with zero attached hydrogens (tertiary/aromatic N) is 2. The van der Waals surface area contributed by atoms with Crippen molar-refractivity contribution in [2.75, 3.05) is 25.0 Å². The van der Waals surface area contributed by atoms with Crippen molar-refractivity contribution in [2.45, 2.75) is 13.0 Å².